The summed E-state index contributed by atoms with van der Waals surface area (Å²) >= 11 is 0. The van der Waals surface area contributed by atoms with Crippen LogP contribution in [-0.2, 0) is 5.41 Å². The Balaban J connectivity index is 1.21. The van der Waals surface area contributed by atoms with E-state index in [1.165, 1.54) is 5.56 Å². The molecule has 0 fully saturated rings. The molecule has 8 aromatic carbocycles. The van der Waals surface area contributed by atoms with Gasteiger partial charge in [0.2, 0.25) is 0 Å². The second-order valence-corrected chi connectivity index (χ2v) is 13.0. The topological polar surface area (TPSA) is 16.4 Å². The van der Waals surface area contributed by atoms with E-state index in [1.807, 2.05) is 95.9 Å². The molecule has 0 amide bonds. The van der Waals surface area contributed by atoms with Gasteiger partial charge in [0.1, 0.15) is 11.2 Å². The lowest BCUT2D eigenvalue weighted by Crippen LogP contribution is -2.28. The molecule has 0 unspecified atom stereocenters. The lowest BCUT2D eigenvalue weighted by atomic mass is 9.67. The van der Waals surface area contributed by atoms with E-state index in [0.717, 1.165) is 55.5 Å². The number of hydrogen-bond acceptors (Lipinski definition) is 2. The second-order valence-electron chi connectivity index (χ2n) is 13.0. The van der Waals surface area contributed by atoms with Gasteiger partial charge in [-0.15, -0.1) is 0 Å². The van der Waals surface area contributed by atoms with E-state index < -0.39 is 5.41 Å². The molecule has 1 aromatic heterocycles. The average Bonchev–Trinajstić information content (AvgIpc) is 3.76. The van der Waals surface area contributed by atoms with Gasteiger partial charge in [-0.05, 0) is 99.1 Å². The van der Waals surface area contributed by atoms with Gasteiger partial charge in [0, 0.05) is 27.8 Å². The fourth-order valence-corrected chi connectivity index (χ4v) is 8.00. The fraction of sp³-hybridized carbons (Fsp3) is 0.0204. The predicted molar refractivity (Wildman–Crippen MR) is 211 cm³/mol. The van der Waals surface area contributed by atoms with Crippen LogP contribution in [0.25, 0.3) is 44.2 Å². The third-order valence-corrected chi connectivity index (χ3v) is 10.2. The van der Waals surface area contributed by atoms with E-state index >= 15 is 0 Å². The highest BCUT2D eigenvalue weighted by Gasteiger charge is 2.46. The lowest BCUT2D eigenvalue weighted by molar-refractivity contribution is 0.669. The second kappa shape index (κ2) is 11.8. The van der Waals surface area contributed by atoms with E-state index in [2.05, 4.69) is 84.9 Å². The number of fused-ring (bicyclic) bond motifs is 6. The number of benzene rings is 8. The van der Waals surface area contributed by atoms with Crippen LogP contribution in [0.15, 0.2) is 205 Å². The van der Waals surface area contributed by atoms with Crippen LogP contribution < -0.4 is 4.90 Å². The minimum Gasteiger partial charge on any atom is -0.456 e. The minimum absolute atomic E-state index is 0.111. The SMILES string of the molecule is [2H]c1c([2H])c(N(c2ccccc2)c2ccc3c(c2)C(c2ccccc2)(c2ccccc2)c2ccccc2-3)c([2H])c([2H])c1-c1ccc2oc3ccccc3c2c1. The highest BCUT2D eigenvalue weighted by Crippen LogP contribution is 2.57. The Bertz CT molecular complexity index is 2850. The molecule has 1 heterocycles. The number of rotatable bonds is 6. The highest BCUT2D eigenvalue weighted by molar-refractivity contribution is 6.06. The zero-order valence-electron chi connectivity index (χ0n) is 31.6. The van der Waals surface area contributed by atoms with Gasteiger partial charge >= 0.3 is 0 Å². The Hall–Kier alpha value is -6.64. The van der Waals surface area contributed by atoms with Crippen LogP contribution in [0.5, 0.6) is 0 Å². The average molecular weight is 656 g/mol. The Morgan fingerprint density at radius 2 is 1.02 bits per heavy atom. The molecule has 0 atom stereocenters. The molecular formula is C49H33NO. The Morgan fingerprint density at radius 1 is 0.412 bits per heavy atom. The van der Waals surface area contributed by atoms with Crippen LogP contribution in [0.3, 0.4) is 0 Å². The fourth-order valence-electron chi connectivity index (χ4n) is 8.00. The summed E-state index contributed by atoms with van der Waals surface area (Å²) in [4.78, 5) is 1.88. The van der Waals surface area contributed by atoms with Crippen molar-refractivity contribution in [1.29, 1.82) is 0 Å². The summed E-state index contributed by atoms with van der Waals surface area (Å²) in [5.41, 5.74) is 10.1. The normalized spacial score (nSPS) is 14.0. The zero-order valence-corrected chi connectivity index (χ0v) is 27.6. The number of anilines is 3. The Morgan fingerprint density at radius 3 is 1.76 bits per heavy atom. The van der Waals surface area contributed by atoms with Crippen molar-refractivity contribution in [3.05, 3.63) is 222 Å². The molecule has 2 nitrogen and oxygen atoms in total. The first-order valence-corrected chi connectivity index (χ1v) is 17.2. The summed E-state index contributed by atoms with van der Waals surface area (Å²) < 4.78 is 44.0. The van der Waals surface area contributed by atoms with Crippen LogP contribution >= 0.6 is 0 Å². The smallest absolute Gasteiger partial charge is 0.135 e. The van der Waals surface area contributed by atoms with Crippen molar-refractivity contribution in [2.24, 2.45) is 0 Å². The van der Waals surface area contributed by atoms with E-state index in [0.29, 0.717) is 11.1 Å². The van der Waals surface area contributed by atoms with Crippen molar-refractivity contribution in [2.75, 3.05) is 4.90 Å². The predicted octanol–water partition coefficient (Wildman–Crippen LogP) is 13.1. The maximum absolute atomic E-state index is 9.57. The minimum atomic E-state index is -0.651. The van der Waals surface area contributed by atoms with E-state index in [4.69, 9.17) is 4.42 Å². The van der Waals surface area contributed by atoms with Gasteiger partial charge in [-0.25, -0.2) is 0 Å². The van der Waals surface area contributed by atoms with E-state index in [9.17, 15) is 5.48 Å². The lowest BCUT2D eigenvalue weighted by Gasteiger charge is -2.35. The first kappa shape index (κ1) is 25.3. The summed E-state index contributed by atoms with van der Waals surface area (Å²) in [6.45, 7) is 0. The monoisotopic (exact) mass is 655 g/mol. The molecule has 0 N–H and O–H groups in total. The molecule has 0 bridgehead atoms. The van der Waals surface area contributed by atoms with Gasteiger partial charge in [-0.3, -0.25) is 0 Å². The molecule has 0 aliphatic heterocycles. The van der Waals surface area contributed by atoms with Crippen LogP contribution in [0.4, 0.5) is 17.1 Å². The van der Waals surface area contributed by atoms with E-state index in [-0.39, 0.29) is 35.4 Å². The highest BCUT2D eigenvalue weighted by atomic mass is 16.3. The van der Waals surface area contributed by atoms with Gasteiger partial charge < -0.3 is 9.32 Å². The molecular weight excluding hydrogens is 619 g/mol. The van der Waals surface area contributed by atoms with Crippen molar-refractivity contribution in [2.45, 2.75) is 5.41 Å². The number of hydrogen-bond donors (Lipinski definition) is 0. The third kappa shape index (κ3) is 4.57. The largest absolute Gasteiger partial charge is 0.456 e. The first-order chi connectivity index (χ1) is 27.0. The van der Waals surface area contributed by atoms with Gasteiger partial charge in [0.25, 0.3) is 0 Å². The maximum atomic E-state index is 9.57. The maximum Gasteiger partial charge on any atom is 0.135 e. The summed E-state index contributed by atoms with van der Waals surface area (Å²) in [6.07, 6.45) is 0. The van der Waals surface area contributed by atoms with E-state index in [1.54, 1.807) is 0 Å². The summed E-state index contributed by atoms with van der Waals surface area (Å²) in [5.74, 6) is 0. The van der Waals surface area contributed by atoms with Crippen LogP contribution in [0.2, 0.25) is 0 Å². The number of furan rings is 1. The molecule has 10 rings (SSSR count). The molecule has 0 saturated heterocycles. The molecule has 51 heavy (non-hydrogen) atoms. The molecule has 9 aromatic rings. The van der Waals surface area contributed by atoms with Crippen LogP contribution in [-0.4, -0.2) is 0 Å². The van der Waals surface area contributed by atoms with Crippen molar-refractivity contribution >= 4 is 39.0 Å². The Labute approximate surface area is 303 Å². The molecule has 0 spiro atoms. The first-order valence-electron chi connectivity index (χ1n) is 19.2. The van der Waals surface area contributed by atoms with Crippen molar-refractivity contribution in [1.82, 2.24) is 0 Å². The summed E-state index contributed by atoms with van der Waals surface area (Å²) in [6, 6.07) is 58.6. The standard InChI is InChI=1S/C49H33NO/c1-4-14-36(15-5-1)49(37-16-6-2-7-17-37)45-22-12-10-20-41(45)42-30-29-40(33-46(42)49)50(38-18-8-3-9-19-38)39-27-24-34(25-28-39)35-26-31-48-44(32-35)43-21-11-13-23-47(43)51-48/h1-33H/i24D,25D,27D,28D. The quantitative estimate of drug-likeness (QED) is 0.177. The summed E-state index contributed by atoms with van der Waals surface area (Å²) in [7, 11) is 0. The molecule has 0 radical (unpaired) electrons. The number of nitrogens with zero attached hydrogens (tertiary/aromatic N) is 1. The number of para-hydroxylation sites is 2. The molecule has 0 saturated carbocycles. The molecule has 240 valence electrons. The van der Waals surface area contributed by atoms with Crippen molar-refractivity contribution in [3.63, 3.8) is 0 Å². The van der Waals surface area contributed by atoms with Crippen LogP contribution in [0, 0.1) is 0 Å². The van der Waals surface area contributed by atoms with Crippen LogP contribution in [0.1, 0.15) is 27.7 Å². The van der Waals surface area contributed by atoms with Gasteiger partial charge in [-0.1, -0.05) is 146 Å². The van der Waals surface area contributed by atoms with Gasteiger partial charge in [-0.2, -0.15) is 0 Å². The molecule has 1 aliphatic rings. The van der Waals surface area contributed by atoms with Gasteiger partial charge in [0.05, 0.1) is 10.9 Å². The molecule has 2 heteroatoms. The summed E-state index contributed by atoms with van der Waals surface area (Å²) in [5, 5.41) is 1.79. The zero-order chi connectivity index (χ0) is 37.3. The Kier molecular flexibility index (Phi) is 5.84. The third-order valence-electron chi connectivity index (χ3n) is 10.2. The van der Waals surface area contributed by atoms with Gasteiger partial charge in [0.15, 0.2) is 0 Å². The molecule has 1 aliphatic carbocycles. The van der Waals surface area contributed by atoms with Crippen molar-refractivity contribution in [3.8, 4) is 22.3 Å². The van der Waals surface area contributed by atoms with Crippen molar-refractivity contribution < 1.29 is 9.90 Å².